The lowest BCUT2D eigenvalue weighted by molar-refractivity contribution is -0.143. The highest BCUT2D eigenvalue weighted by atomic mass is 32.2. The molecule has 0 atom stereocenters. The van der Waals surface area contributed by atoms with Crippen molar-refractivity contribution in [1.82, 2.24) is 4.57 Å². The summed E-state index contributed by atoms with van der Waals surface area (Å²) in [4.78, 5) is 12.3. The number of hydrogen-bond donors (Lipinski definition) is 0. The van der Waals surface area contributed by atoms with Crippen LogP contribution < -0.4 is 14.3 Å². The number of thiazole rings is 1. The second-order valence-electron chi connectivity index (χ2n) is 5.42. The van der Waals surface area contributed by atoms with Crippen molar-refractivity contribution < 1.29 is 27.4 Å². The third-order valence-corrected chi connectivity index (χ3v) is 7.58. The summed E-state index contributed by atoms with van der Waals surface area (Å²) in [6.45, 7) is 1.70. The van der Waals surface area contributed by atoms with Gasteiger partial charge in [0.15, 0.2) is 0 Å². The molecule has 0 bridgehead atoms. The molecule has 0 spiro atoms. The quantitative estimate of drug-likeness (QED) is 0.522. The molecule has 2 heterocycles. The van der Waals surface area contributed by atoms with Gasteiger partial charge in [0.25, 0.3) is 10.0 Å². The molecule has 28 heavy (non-hydrogen) atoms. The van der Waals surface area contributed by atoms with Crippen molar-refractivity contribution in [3.63, 3.8) is 0 Å². The maximum Gasteiger partial charge on any atom is 0.326 e. The third-order valence-electron chi connectivity index (χ3n) is 3.73. The molecule has 0 aliphatic rings. The molecule has 1 aromatic carbocycles. The molecule has 0 saturated heterocycles. The van der Waals surface area contributed by atoms with E-state index in [-0.39, 0.29) is 22.2 Å². The van der Waals surface area contributed by atoms with Crippen molar-refractivity contribution in [3.8, 4) is 11.5 Å². The second kappa shape index (κ2) is 8.33. The van der Waals surface area contributed by atoms with Gasteiger partial charge in [-0.3, -0.25) is 4.79 Å². The Hall–Kier alpha value is -2.37. The SMILES string of the molecule is CCOC(=O)Cn1c(=NS(=O)(=O)c2cccs2)sc2c(OC)ccc(OC)c21. The van der Waals surface area contributed by atoms with Gasteiger partial charge in [-0.05, 0) is 30.5 Å². The number of nitrogens with zero attached hydrogens (tertiary/aromatic N) is 2. The van der Waals surface area contributed by atoms with Crippen molar-refractivity contribution in [2.45, 2.75) is 17.7 Å². The minimum absolute atomic E-state index is 0.117. The Morgan fingerprint density at radius 3 is 2.50 bits per heavy atom. The first kappa shape index (κ1) is 20.4. The summed E-state index contributed by atoms with van der Waals surface area (Å²) < 4.78 is 47.4. The van der Waals surface area contributed by atoms with E-state index in [1.54, 1.807) is 30.5 Å². The molecule has 0 amide bonds. The number of thiophene rings is 1. The van der Waals surface area contributed by atoms with E-state index in [0.29, 0.717) is 21.7 Å². The third kappa shape index (κ3) is 3.91. The normalized spacial score (nSPS) is 12.3. The Kier molecular flexibility index (Phi) is 6.06. The lowest BCUT2D eigenvalue weighted by Gasteiger charge is -2.09. The summed E-state index contributed by atoms with van der Waals surface area (Å²) in [5.74, 6) is 0.474. The number of benzene rings is 1. The zero-order valence-electron chi connectivity index (χ0n) is 15.4. The van der Waals surface area contributed by atoms with E-state index in [1.165, 1.54) is 24.9 Å². The average Bonchev–Trinajstić information content (AvgIpc) is 3.31. The number of methoxy groups -OCH3 is 2. The maximum atomic E-state index is 12.7. The average molecular weight is 443 g/mol. The van der Waals surface area contributed by atoms with Crippen LogP contribution >= 0.6 is 22.7 Å². The Morgan fingerprint density at radius 1 is 1.18 bits per heavy atom. The molecule has 0 unspecified atom stereocenters. The van der Waals surface area contributed by atoms with Crippen molar-refractivity contribution in [2.75, 3.05) is 20.8 Å². The first-order valence-electron chi connectivity index (χ1n) is 8.15. The number of esters is 1. The maximum absolute atomic E-state index is 12.7. The van der Waals surface area contributed by atoms with Crippen LogP contribution in [0.4, 0.5) is 0 Å². The lowest BCUT2D eigenvalue weighted by Crippen LogP contribution is -2.23. The van der Waals surface area contributed by atoms with Crippen LogP contribution in [0.1, 0.15) is 6.92 Å². The predicted octanol–water partition coefficient (Wildman–Crippen LogP) is 2.63. The Balaban J connectivity index is 2.32. The molecule has 150 valence electrons. The van der Waals surface area contributed by atoms with E-state index in [1.807, 2.05) is 0 Å². The largest absolute Gasteiger partial charge is 0.495 e. The van der Waals surface area contributed by atoms with Gasteiger partial charge in [0.2, 0.25) is 4.80 Å². The first-order valence-corrected chi connectivity index (χ1v) is 11.3. The number of ether oxygens (including phenoxy) is 3. The molecule has 0 N–H and O–H groups in total. The van der Waals surface area contributed by atoms with Gasteiger partial charge in [-0.25, -0.2) is 0 Å². The zero-order valence-corrected chi connectivity index (χ0v) is 17.8. The fourth-order valence-corrected chi connectivity index (χ4v) is 5.87. The number of carbonyl (C=O) groups excluding carboxylic acids is 1. The molecule has 11 heteroatoms. The monoisotopic (exact) mass is 442 g/mol. The minimum Gasteiger partial charge on any atom is -0.495 e. The Morgan fingerprint density at radius 2 is 1.89 bits per heavy atom. The molecule has 0 aliphatic carbocycles. The summed E-state index contributed by atoms with van der Waals surface area (Å²) in [5.41, 5.74) is 0.514. The van der Waals surface area contributed by atoms with Crippen LogP contribution in [0.25, 0.3) is 10.2 Å². The fraction of sp³-hybridized carbons (Fsp3) is 0.294. The topological polar surface area (TPSA) is 96.2 Å². The van der Waals surface area contributed by atoms with Gasteiger partial charge in [0, 0.05) is 0 Å². The van der Waals surface area contributed by atoms with E-state index in [4.69, 9.17) is 14.2 Å². The highest BCUT2D eigenvalue weighted by Crippen LogP contribution is 2.35. The van der Waals surface area contributed by atoms with Gasteiger partial charge in [0.1, 0.15) is 32.5 Å². The second-order valence-corrected chi connectivity index (χ2v) is 9.18. The predicted molar refractivity (Wildman–Crippen MR) is 107 cm³/mol. The molecule has 2 aromatic heterocycles. The van der Waals surface area contributed by atoms with E-state index in [9.17, 15) is 13.2 Å². The molecule has 0 fully saturated rings. The van der Waals surface area contributed by atoms with Crippen molar-refractivity contribution in [1.29, 1.82) is 0 Å². The Labute approximate surface area is 169 Å². The van der Waals surface area contributed by atoms with Crippen molar-refractivity contribution in [2.24, 2.45) is 4.40 Å². The number of rotatable bonds is 7. The van der Waals surface area contributed by atoms with Crippen LogP contribution in [0, 0.1) is 0 Å². The molecule has 0 radical (unpaired) electrons. The summed E-state index contributed by atoms with van der Waals surface area (Å²) in [7, 11) is -0.925. The fourth-order valence-electron chi connectivity index (χ4n) is 2.56. The molecule has 0 saturated carbocycles. The summed E-state index contributed by atoms with van der Waals surface area (Å²) in [6, 6.07) is 6.52. The Bertz CT molecular complexity index is 1160. The van der Waals surface area contributed by atoms with E-state index >= 15 is 0 Å². The summed E-state index contributed by atoms with van der Waals surface area (Å²) in [6.07, 6.45) is 0. The zero-order chi connectivity index (χ0) is 20.3. The lowest BCUT2D eigenvalue weighted by atomic mass is 10.3. The minimum atomic E-state index is -3.93. The molecule has 3 rings (SSSR count). The molecular formula is C17H18N2O6S3. The van der Waals surface area contributed by atoms with Gasteiger partial charge >= 0.3 is 5.97 Å². The van der Waals surface area contributed by atoms with E-state index in [0.717, 1.165) is 22.7 Å². The highest BCUT2D eigenvalue weighted by Gasteiger charge is 2.21. The van der Waals surface area contributed by atoms with E-state index in [2.05, 4.69) is 4.40 Å². The van der Waals surface area contributed by atoms with Crippen LogP contribution in [0.5, 0.6) is 11.5 Å². The number of sulfonamides is 1. The highest BCUT2D eigenvalue weighted by molar-refractivity contribution is 7.92. The van der Waals surface area contributed by atoms with Gasteiger partial charge < -0.3 is 18.8 Å². The van der Waals surface area contributed by atoms with Crippen LogP contribution in [0.15, 0.2) is 38.3 Å². The number of carbonyl (C=O) groups is 1. The van der Waals surface area contributed by atoms with Crippen LogP contribution in [0.3, 0.4) is 0 Å². The smallest absolute Gasteiger partial charge is 0.326 e. The van der Waals surface area contributed by atoms with E-state index < -0.39 is 16.0 Å². The van der Waals surface area contributed by atoms with Gasteiger partial charge in [-0.2, -0.15) is 8.42 Å². The number of aromatic nitrogens is 1. The molecule has 3 aromatic rings. The van der Waals surface area contributed by atoms with Gasteiger partial charge in [-0.1, -0.05) is 17.4 Å². The standard InChI is InChI=1S/C17H18N2O6S3/c1-4-25-13(20)10-19-15-11(23-2)7-8-12(24-3)16(15)27-17(19)18-28(21,22)14-6-5-9-26-14/h5-9H,4,10H2,1-3H3. The molecule has 0 aliphatic heterocycles. The number of hydrogen-bond acceptors (Lipinski definition) is 8. The van der Waals surface area contributed by atoms with Gasteiger partial charge in [-0.15, -0.1) is 15.7 Å². The molecule has 8 nitrogen and oxygen atoms in total. The number of fused-ring (bicyclic) bond motifs is 1. The van der Waals surface area contributed by atoms with Crippen molar-refractivity contribution >= 4 is 48.9 Å². The summed E-state index contributed by atoms with van der Waals surface area (Å²) in [5, 5.41) is 1.66. The van der Waals surface area contributed by atoms with Gasteiger partial charge in [0.05, 0.1) is 20.8 Å². The molecular weight excluding hydrogens is 424 g/mol. The van der Waals surface area contributed by atoms with Crippen LogP contribution in [-0.2, 0) is 26.1 Å². The summed E-state index contributed by atoms with van der Waals surface area (Å²) >= 11 is 2.17. The van der Waals surface area contributed by atoms with Crippen molar-refractivity contribution in [3.05, 3.63) is 34.4 Å². The first-order chi connectivity index (χ1) is 13.4. The van der Waals surface area contributed by atoms with Crippen LogP contribution in [0.2, 0.25) is 0 Å². The van der Waals surface area contributed by atoms with Crippen LogP contribution in [-0.4, -0.2) is 39.8 Å².